The average Bonchev–Trinajstić information content (AvgIpc) is 2.60. The zero-order valence-electron chi connectivity index (χ0n) is 16.7. The van der Waals surface area contributed by atoms with E-state index in [9.17, 15) is 4.79 Å². The SMILES string of the molecule is C=C(C)C(=O)OC1CCCC(OCCCCCCCCCCCC)C1. The van der Waals surface area contributed by atoms with E-state index < -0.39 is 0 Å². The Hall–Kier alpha value is -0.830. The van der Waals surface area contributed by atoms with Gasteiger partial charge >= 0.3 is 5.97 Å². The van der Waals surface area contributed by atoms with Crippen LogP contribution >= 0.6 is 0 Å². The fourth-order valence-electron chi connectivity index (χ4n) is 3.45. The number of hydrogen-bond donors (Lipinski definition) is 0. The Morgan fingerprint density at radius 2 is 1.48 bits per heavy atom. The summed E-state index contributed by atoms with van der Waals surface area (Å²) in [4.78, 5) is 11.6. The van der Waals surface area contributed by atoms with Crippen LogP contribution in [0.4, 0.5) is 0 Å². The highest BCUT2D eigenvalue weighted by molar-refractivity contribution is 5.87. The van der Waals surface area contributed by atoms with Crippen LogP contribution < -0.4 is 0 Å². The molecule has 3 heteroatoms. The Bertz CT molecular complexity index is 364. The smallest absolute Gasteiger partial charge is 0.333 e. The molecule has 0 amide bonds. The molecule has 2 unspecified atom stereocenters. The zero-order valence-corrected chi connectivity index (χ0v) is 16.7. The van der Waals surface area contributed by atoms with E-state index in [1.807, 2.05) is 0 Å². The molecule has 146 valence electrons. The Kier molecular flexibility index (Phi) is 12.8. The van der Waals surface area contributed by atoms with Crippen LogP contribution in [0.5, 0.6) is 0 Å². The quantitative estimate of drug-likeness (QED) is 0.207. The first kappa shape index (κ1) is 22.2. The van der Waals surface area contributed by atoms with Gasteiger partial charge in [-0.3, -0.25) is 0 Å². The monoisotopic (exact) mass is 352 g/mol. The summed E-state index contributed by atoms with van der Waals surface area (Å²) >= 11 is 0. The minimum atomic E-state index is -0.264. The van der Waals surface area contributed by atoms with E-state index in [4.69, 9.17) is 9.47 Å². The second-order valence-electron chi connectivity index (χ2n) is 7.65. The van der Waals surface area contributed by atoms with E-state index in [0.717, 1.165) is 38.7 Å². The summed E-state index contributed by atoms with van der Waals surface area (Å²) < 4.78 is 11.5. The van der Waals surface area contributed by atoms with E-state index in [1.54, 1.807) is 6.92 Å². The van der Waals surface area contributed by atoms with E-state index in [-0.39, 0.29) is 18.2 Å². The molecular weight excluding hydrogens is 312 g/mol. The van der Waals surface area contributed by atoms with E-state index >= 15 is 0 Å². The summed E-state index contributed by atoms with van der Waals surface area (Å²) in [6, 6.07) is 0. The molecule has 1 aliphatic rings. The van der Waals surface area contributed by atoms with Gasteiger partial charge in [0.2, 0.25) is 0 Å². The number of hydrogen-bond acceptors (Lipinski definition) is 3. The van der Waals surface area contributed by atoms with Crippen molar-refractivity contribution >= 4 is 5.97 Å². The summed E-state index contributed by atoms with van der Waals surface area (Å²) in [6.07, 6.45) is 17.7. The molecule has 0 spiro atoms. The van der Waals surface area contributed by atoms with Crippen molar-refractivity contribution in [3.05, 3.63) is 12.2 Å². The molecule has 0 heterocycles. The van der Waals surface area contributed by atoms with Crippen molar-refractivity contribution in [1.82, 2.24) is 0 Å². The summed E-state index contributed by atoms with van der Waals surface area (Å²) in [5, 5.41) is 0. The van der Waals surface area contributed by atoms with Gasteiger partial charge in [-0.2, -0.15) is 0 Å². The van der Waals surface area contributed by atoms with Gasteiger partial charge in [-0.05, 0) is 32.6 Å². The molecule has 0 radical (unpaired) electrons. The van der Waals surface area contributed by atoms with Crippen molar-refractivity contribution in [1.29, 1.82) is 0 Å². The Morgan fingerprint density at radius 1 is 0.920 bits per heavy atom. The van der Waals surface area contributed by atoms with Gasteiger partial charge in [-0.15, -0.1) is 0 Å². The van der Waals surface area contributed by atoms with Crippen molar-refractivity contribution in [3.8, 4) is 0 Å². The van der Waals surface area contributed by atoms with Crippen molar-refractivity contribution in [2.45, 2.75) is 116 Å². The molecule has 1 saturated carbocycles. The second kappa shape index (κ2) is 14.4. The summed E-state index contributed by atoms with van der Waals surface area (Å²) in [7, 11) is 0. The molecule has 3 nitrogen and oxygen atoms in total. The summed E-state index contributed by atoms with van der Waals surface area (Å²) in [6.45, 7) is 8.46. The highest BCUT2D eigenvalue weighted by Crippen LogP contribution is 2.24. The second-order valence-corrected chi connectivity index (χ2v) is 7.65. The van der Waals surface area contributed by atoms with Crippen LogP contribution in [0, 0.1) is 0 Å². The van der Waals surface area contributed by atoms with Crippen LogP contribution in [0.1, 0.15) is 104 Å². The minimum Gasteiger partial charge on any atom is -0.459 e. The van der Waals surface area contributed by atoms with Crippen LogP contribution in [0.15, 0.2) is 12.2 Å². The lowest BCUT2D eigenvalue weighted by Crippen LogP contribution is -2.30. The predicted octanol–water partition coefficient (Wildman–Crippen LogP) is 6.35. The predicted molar refractivity (Wildman–Crippen MR) is 105 cm³/mol. The lowest BCUT2D eigenvalue weighted by atomic mass is 9.95. The standard InChI is InChI=1S/C22H40O3/c1-4-5-6-7-8-9-10-11-12-13-17-24-20-15-14-16-21(18-20)25-22(23)19(2)3/h20-21H,2,4-18H2,1,3H3. The zero-order chi connectivity index (χ0) is 18.3. The molecule has 0 bridgehead atoms. The average molecular weight is 353 g/mol. The molecule has 1 rings (SSSR count). The highest BCUT2D eigenvalue weighted by Gasteiger charge is 2.25. The fraction of sp³-hybridized carbons (Fsp3) is 0.864. The first-order valence-electron chi connectivity index (χ1n) is 10.6. The molecule has 0 aliphatic heterocycles. The maximum absolute atomic E-state index is 11.6. The fourth-order valence-corrected chi connectivity index (χ4v) is 3.45. The van der Waals surface area contributed by atoms with E-state index in [2.05, 4.69) is 13.5 Å². The van der Waals surface area contributed by atoms with Crippen LogP contribution in [-0.2, 0) is 14.3 Å². The van der Waals surface area contributed by atoms with E-state index in [0.29, 0.717) is 5.57 Å². The number of carbonyl (C=O) groups excluding carboxylic acids is 1. The van der Waals surface area contributed by atoms with Crippen molar-refractivity contribution in [3.63, 3.8) is 0 Å². The molecule has 1 fully saturated rings. The van der Waals surface area contributed by atoms with Crippen molar-refractivity contribution in [2.75, 3.05) is 6.61 Å². The Labute approximate surface area is 155 Å². The van der Waals surface area contributed by atoms with Gasteiger partial charge < -0.3 is 9.47 Å². The lowest BCUT2D eigenvalue weighted by Gasteiger charge is -2.29. The molecular formula is C22H40O3. The van der Waals surface area contributed by atoms with E-state index in [1.165, 1.54) is 57.8 Å². The Morgan fingerprint density at radius 3 is 2.08 bits per heavy atom. The molecule has 0 N–H and O–H groups in total. The van der Waals surface area contributed by atoms with Crippen LogP contribution in [0.25, 0.3) is 0 Å². The minimum absolute atomic E-state index is 0.00987. The maximum Gasteiger partial charge on any atom is 0.333 e. The molecule has 2 atom stereocenters. The third-order valence-electron chi connectivity index (χ3n) is 5.05. The van der Waals surface area contributed by atoms with Gasteiger partial charge in [0.05, 0.1) is 6.10 Å². The van der Waals surface area contributed by atoms with Gasteiger partial charge in [-0.1, -0.05) is 71.3 Å². The molecule has 0 aromatic carbocycles. The number of carbonyl (C=O) groups is 1. The summed E-state index contributed by atoms with van der Waals surface area (Å²) in [5.41, 5.74) is 0.480. The van der Waals surface area contributed by atoms with Crippen molar-refractivity contribution < 1.29 is 14.3 Å². The Balaban J connectivity index is 1.95. The molecule has 1 aliphatic carbocycles. The molecule has 0 aromatic rings. The van der Waals surface area contributed by atoms with Gasteiger partial charge in [0, 0.05) is 18.6 Å². The third kappa shape index (κ3) is 11.4. The molecule has 25 heavy (non-hydrogen) atoms. The first-order valence-corrected chi connectivity index (χ1v) is 10.6. The lowest BCUT2D eigenvalue weighted by molar-refractivity contribution is -0.148. The van der Waals surface area contributed by atoms with Crippen LogP contribution in [0.2, 0.25) is 0 Å². The number of esters is 1. The molecule has 0 aromatic heterocycles. The van der Waals surface area contributed by atoms with Crippen LogP contribution in [-0.4, -0.2) is 24.8 Å². The molecule has 0 saturated heterocycles. The van der Waals surface area contributed by atoms with Gasteiger partial charge in [0.15, 0.2) is 0 Å². The number of unbranched alkanes of at least 4 members (excludes halogenated alkanes) is 9. The van der Waals surface area contributed by atoms with Gasteiger partial charge in [-0.25, -0.2) is 4.79 Å². The topological polar surface area (TPSA) is 35.5 Å². The van der Waals surface area contributed by atoms with Crippen LogP contribution in [0.3, 0.4) is 0 Å². The largest absolute Gasteiger partial charge is 0.459 e. The first-order chi connectivity index (χ1) is 12.1. The summed E-state index contributed by atoms with van der Waals surface area (Å²) in [5.74, 6) is -0.264. The number of rotatable bonds is 14. The van der Waals surface area contributed by atoms with Gasteiger partial charge in [0.1, 0.15) is 6.10 Å². The number of ether oxygens (including phenoxy) is 2. The maximum atomic E-state index is 11.6. The third-order valence-corrected chi connectivity index (χ3v) is 5.05. The normalized spacial score (nSPS) is 20.4. The van der Waals surface area contributed by atoms with Gasteiger partial charge in [0.25, 0.3) is 0 Å². The highest BCUT2D eigenvalue weighted by atomic mass is 16.5. The van der Waals surface area contributed by atoms with Crippen molar-refractivity contribution in [2.24, 2.45) is 0 Å².